The minimum absolute atomic E-state index is 0.482. The van der Waals surface area contributed by atoms with E-state index in [-0.39, 0.29) is 0 Å². The molecule has 96 valence electrons. The molecule has 1 unspecified atom stereocenters. The second-order valence-electron chi connectivity index (χ2n) is 4.79. The van der Waals surface area contributed by atoms with Gasteiger partial charge in [0.1, 0.15) is 6.07 Å². The standard InChI is InChI=1S/C14H20N4/c1-17-8-9-18(11-13(17)6-7-15)14-5-3-2-4-12(14)10-16/h2-5,13H,6-9,11,15H2,1H3. The van der Waals surface area contributed by atoms with Gasteiger partial charge in [-0.25, -0.2) is 0 Å². The van der Waals surface area contributed by atoms with Gasteiger partial charge in [0.2, 0.25) is 0 Å². The van der Waals surface area contributed by atoms with E-state index in [2.05, 4.69) is 22.9 Å². The van der Waals surface area contributed by atoms with Crippen LogP contribution in [0.5, 0.6) is 0 Å². The molecule has 0 amide bonds. The van der Waals surface area contributed by atoms with Gasteiger partial charge in [-0.05, 0) is 32.1 Å². The molecule has 1 aliphatic heterocycles. The Kier molecular flexibility index (Phi) is 4.19. The van der Waals surface area contributed by atoms with Crippen LogP contribution in [0, 0.1) is 11.3 Å². The SMILES string of the molecule is CN1CCN(c2ccccc2C#N)CC1CCN. The summed E-state index contributed by atoms with van der Waals surface area (Å²) in [5.74, 6) is 0. The van der Waals surface area contributed by atoms with E-state index in [0.717, 1.165) is 37.3 Å². The lowest BCUT2D eigenvalue weighted by molar-refractivity contribution is 0.210. The van der Waals surface area contributed by atoms with Crippen LogP contribution in [-0.4, -0.2) is 44.2 Å². The number of nitrogens with two attached hydrogens (primary N) is 1. The first-order valence-corrected chi connectivity index (χ1v) is 6.40. The summed E-state index contributed by atoms with van der Waals surface area (Å²) in [6, 6.07) is 10.6. The van der Waals surface area contributed by atoms with Crippen molar-refractivity contribution in [1.29, 1.82) is 5.26 Å². The highest BCUT2D eigenvalue weighted by Gasteiger charge is 2.24. The van der Waals surface area contributed by atoms with Crippen LogP contribution < -0.4 is 10.6 Å². The van der Waals surface area contributed by atoms with E-state index in [4.69, 9.17) is 11.0 Å². The molecule has 0 spiro atoms. The smallest absolute Gasteiger partial charge is 0.101 e. The van der Waals surface area contributed by atoms with E-state index in [1.54, 1.807) is 0 Å². The predicted octanol–water partition coefficient (Wildman–Crippen LogP) is 1.03. The van der Waals surface area contributed by atoms with E-state index in [0.29, 0.717) is 12.6 Å². The molecule has 1 atom stereocenters. The summed E-state index contributed by atoms with van der Waals surface area (Å²) in [4.78, 5) is 4.66. The zero-order valence-electron chi connectivity index (χ0n) is 10.8. The maximum atomic E-state index is 9.16. The molecular weight excluding hydrogens is 224 g/mol. The first-order chi connectivity index (χ1) is 8.76. The molecule has 1 aromatic rings. The van der Waals surface area contributed by atoms with Crippen LogP contribution in [0.2, 0.25) is 0 Å². The van der Waals surface area contributed by atoms with E-state index in [9.17, 15) is 0 Å². The first kappa shape index (κ1) is 12.9. The summed E-state index contributed by atoms with van der Waals surface area (Å²) in [5.41, 5.74) is 7.47. The molecule has 0 radical (unpaired) electrons. The molecular formula is C14H20N4. The molecule has 4 nitrogen and oxygen atoms in total. The Morgan fingerprint density at radius 2 is 2.17 bits per heavy atom. The Hall–Kier alpha value is -1.57. The number of benzene rings is 1. The van der Waals surface area contributed by atoms with Crippen molar-refractivity contribution in [2.75, 3.05) is 38.1 Å². The average molecular weight is 244 g/mol. The van der Waals surface area contributed by atoms with Gasteiger partial charge in [-0.3, -0.25) is 4.90 Å². The number of hydrogen-bond acceptors (Lipinski definition) is 4. The minimum Gasteiger partial charge on any atom is -0.368 e. The van der Waals surface area contributed by atoms with Gasteiger partial charge in [0, 0.05) is 25.7 Å². The van der Waals surface area contributed by atoms with E-state index in [1.165, 1.54) is 0 Å². The highest BCUT2D eigenvalue weighted by Crippen LogP contribution is 2.23. The summed E-state index contributed by atoms with van der Waals surface area (Å²) in [6.45, 7) is 3.65. The Bertz CT molecular complexity index is 438. The number of nitrogens with zero attached hydrogens (tertiary/aromatic N) is 3. The van der Waals surface area contributed by atoms with Crippen molar-refractivity contribution in [2.45, 2.75) is 12.5 Å². The van der Waals surface area contributed by atoms with Crippen molar-refractivity contribution in [3.05, 3.63) is 29.8 Å². The second kappa shape index (κ2) is 5.85. The van der Waals surface area contributed by atoms with Crippen LogP contribution in [0.3, 0.4) is 0 Å². The van der Waals surface area contributed by atoms with Crippen molar-refractivity contribution in [3.63, 3.8) is 0 Å². The lowest BCUT2D eigenvalue weighted by Crippen LogP contribution is -2.52. The molecule has 0 bridgehead atoms. The monoisotopic (exact) mass is 244 g/mol. The molecule has 2 rings (SSSR count). The molecule has 1 fully saturated rings. The number of para-hydroxylation sites is 1. The molecule has 2 N–H and O–H groups in total. The highest BCUT2D eigenvalue weighted by molar-refractivity contribution is 5.59. The normalized spacial score (nSPS) is 20.7. The molecule has 1 heterocycles. The Balaban J connectivity index is 2.16. The van der Waals surface area contributed by atoms with Gasteiger partial charge in [0.25, 0.3) is 0 Å². The fourth-order valence-electron chi connectivity index (χ4n) is 2.51. The van der Waals surface area contributed by atoms with E-state index < -0.39 is 0 Å². The number of nitriles is 1. The van der Waals surface area contributed by atoms with Gasteiger partial charge in [-0.2, -0.15) is 5.26 Å². The van der Waals surface area contributed by atoms with Crippen molar-refractivity contribution < 1.29 is 0 Å². The largest absolute Gasteiger partial charge is 0.368 e. The molecule has 1 aromatic carbocycles. The molecule has 18 heavy (non-hydrogen) atoms. The Morgan fingerprint density at radius 1 is 1.39 bits per heavy atom. The first-order valence-electron chi connectivity index (χ1n) is 6.40. The Labute approximate surface area is 109 Å². The minimum atomic E-state index is 0.482. The summed E-state index contributed by atoms with van der Waals surface area (Å²) >= 11 is 0. The third-order valence-electron chi connectivity index (χ3n) is 3.64. The number of likely N-dealkylation sites (N-methyl/N-ethyl adjacent to an activating group) is 1. The topological polar surface area (TPSA) is 56.3 Å². The molecule has 1 aliphatic rings. The third kappa shape index (κ3) is 2.63. The maximum absolute atomic E-state index is 9.16. The van der Waals surface area contributed by atoms with Crippen molar-refractivity contribution in [1.82, 2.24) is 4.90 Å². The summed E-state index contributed by atoms with van der Waals surface area (Å²) < 4.78 is 0. The highest BCUT2D eigenvalue weighted by atomic mass is 15.3. The number of piperazine rings is 1. The molecule has 0 aliphatic carbocycles. The van der Waals surface area contributed by atoms with Crippen LogP contribution >= 0.6 is 0 Å². The van der Waals surface area contributed by atoms with Crippen molar-refractivity contribution >= 4 is 5.69 Å². The van der Waals surface area contributed by atoms with Gasteiger partial charge < -0.3 is 10.6 Å². The van der Waals surface area contributed by atoms with Gasteiger partial charge >= 0.3 is 0 Å². The second-order valence-corrected chi connectivity index (χ2v) is 4.79. The zero-order valence-corrected chi connectivity index (χ0v) is 10.8. The van der Waals surface area contributed by atoms with Crippen LogP contribution in [-0.2, 0) is 0 Å². The summed E-state index contributed by atoms with van der Waals surface area (Å²) in [6.07, 6.45) is 1.00. The summed E-state index contributed by atoms with van der Waals surface area (Å²) in [5, 5.41) is 9.16. The van der Waals surface area contributed by atoms with Gasteiger partial charge in [0.15, 0.2) is 0 Å². The lowest BCUT2D eigenvalue weighted by atomic mass is 10.1. The molecule has 0 saturated carbocycles. The van der Waals surface area contributed by atoms with Crippen LogP contribution in [0.25, 0.3) is 0 Å². The van der Waals surface area contributed by atoms with Crippen LogP contribution in [0.1, 0.15) is 12.0 Å². The lowest BCUT2D eigenvalue weighted by Gasteiger charge is -2.40. The Morgan fingerprint density at radius 3 is 2.89 bits per heavy atom. The average Bonchev–Trinajstić information content (AvgIpc) is 2.41. The van der Waals surface area contributed by atoms with Crippen molar-refractivity contribution in [3.8, 4) is 6.07 Å². The molecule has 0 aromatic heterocycles. The maximum Gasteiger partial charge on any atom is 0.101 e. The van der Waals surface area contributed by atoms with Crippen molar-refractivity contribution in [2.24, 2.45) is 5.73 Å². The van der Waals surface area contributed by atoms with E-state index >= 15 is 0 Å². The quantitative estimate of drug-likeness (QED) is 0.862. The molecule has 1 saturated heterocycles. The van der Waals surface area contributed by atoms with Gasteiger partial charge in [0.05, 0.1) is 11.3 Å². The van der Waals surface area contributed by atoms with Gasteiger partial charge in [-0.15, -0.1) is 0 Å². The number of anilines is 1. The molecule has 4 heteroatoms. The van der Waals surface area contributed by atoms with Gasteiger partial charge in [-0.1, -0.05) is 12.1 Å². The zero-order chi connectivity index (χ0) is 13.0. The predicted molar refractivity (Wildman–Crippen MR) is 73.5 cm³/mol. The number of hydrogen-bond donors (Lipinski definition) is 1. The van der Waals surface area contributed by atoms with E-state index in [1.807, 2.05) is 24.3 Å². The summed E-state index contributed by atoms with van der Waals surface area (Å²) in [7, 11) is 2.15. The van der Waals surface area contributed by atoms with Crippen LogP contribution in [0.4, 0.5) is 5.69 Å². The fraction of sp³-hybridized carbons (Fsp3) is 0.500. The number of rotatable bonds is 3. The third-order valence-corrected chi connectivity index (χ3v) is 3.64. The fourth-order valence-corrected chi connectivity index (χ4v) is 2.51. The van der Waals surface area contributed by atoms with Crippen LogP contribution in [0.15, 0.2) is 24.3 Å².